The Morgan fingerprint density at radius 2 is 1.65 bits per heavy atom. The molecule has 3 atom stereocenters. The number of benzene rings is 2. The lowest BCUT2D eigenvalue weighted by Gasteiger charge is -2.41. The zero-order valence-corrected chi connectivity index (χ0v) is 18.7. The van der Waals surface area contributed by atoms with Gasteiger partial charge in [-0.25, -0.2) is 0 Å². The van der Waals surface area contributed by atoms with Crippen molar-refractivity contribution >= 4 is 12.6 Å². The minimum absolute atomic E-state index is 0.00450. The van der Waals surface area contributed by atoms with E-state index in [4.69, 9.17) is 18.8 Å². The molecule has 0 unspecified atom stereocenters. The van der Waals surface area contributed by atoms with E-state index >= 15 is 0 Å². The quantitative estimate of drug-likeness (QED) is 0.377. The predicted molar refractivity (Wildman–Crippen MR) is 125 cm³/mol. The number of rotatable bonds is 10. The highest BCUT2D eigenvalue weighted by Crippen LogP contribution is 2.34. The maximum atomic E-state index is 6.30. The Labute approximate surface area is 187 Å². The van der Waals surface area contributed by atoms with Crippen LogP contribution in [0.5, 0.6) is 5.75 Å². The van der Waals surface area contributed by atoms with Gasteiger partial charge in [0.2, 0.25) is 0 Å². The summed E-state index contributed by atoms with van der Waals surface area (Å²) in [4.78, 5) is 0. The highest BCUT2D eigenvalue weighted by Gasteiger charge is 2.41. The first-order chi connectivity index (χ1) is 15.3. The first-order valence-corrected chi connectivity index (χ1v) is 12.0. The second-order valence-electron chi connectivity index (χ2n) is 8.68. The second-order valence-corrected chi connectivity index (χ2v) is 8.68. The lowest BCUT2D eigenvalue weighted by atomic mass is 9.76. The molecule has 2 aliphatic heterocycles. The van der Waals surface area contributed by atoms with Crippen molar-refractivity contribution in [3.63, 3.8) is 0 Å². The maximum Gasteiger partial charge on any atom is 0.494 e. The lowest BCUT2D eigenvalue weighted by Crippen LogP contribution is -2.54. The summed E-state index contributed by atoms with van der Waals surface area (Å²) in [6, 6.07) is 18.6. The van der Waals surface area contributed by atoms with Crippen LogP contribution >= 0.6 is 0 Å². The molecule has 2 heterocycles. The fourth-order valence-electron chi connectivity index (χ4n) is 4.43. The van der Waals surface area contributed by atoms with Crippen molar-refractivity contribution in [1.29, 1.82) is 0 Å². The molecular formula is C26H35BO4. The van der Waals surface area contributed by atoms with Gasteiger partial charge in [0, 0.05) is 0 Å². The Balaban J connectivity index is 1.21. The molecular weight excluding hydrogens is 387 g/mol. The van der Waals surface area contributed by atoms with Gasteiger partial charge in [-0.2, -0.15) is 0 Å². The van der Waals surface area contributed by atoms with E-state index in [1.165, 1.54) is 37.7 Å². The standard InChI is InChI=1S/C26H35BO4/c1-2-3-4-5-6-10-19-28-23-15-13-22(14-16-23)27-29-20-26-25(31-27)18-17-24(30-26)21-11-8-7-9-12-21/h7-9,11-16,24-26H,2-6,10,17-20H2,1H3/t24-,25+,26-/m1/s1. The number of hydrogen-bond donors (Lipinski definition) is 0. The van der Waals surface area contributed by atoms with Gasteiger partial charge < -0.3 is 18.8 Å². The smallest absolute Gasteiger partial charge is 0.494 e. The molecule has 0 saturated carbocycles. The summed E-state index contributed by atoms with van der Waals surface area (Å²) in [6.45, 7) is 3.60. The Hall–Kier alpha value is -1.82. The Bertz CT molecular complexity index is 767. The summed E-state index contributed by atoms with van der Waals surface area (Å²) in [5.74, 6) is 0.915. The molecule has 0 radical (unpaired) electrons. The Morgan fingerprint density at radius 1 is 0.871 bits per heavy atom. The average molecular weight is 422 g/mol. The first-order valence-electron chi connectivity index (χ1n) is 12.0. The minimum atomic E-state index is -0.328. The number of hydrogen-bond acceptors (Lipinski definition) is 4. The van der Waals surface area contributed by atoms with E-state index in [1.54, 1.807) is 0 Å². The van der Waals surface area contributed by atoms with E-state index in [0.29, 0.717) is 6.61 Å². The summed E-state index contributed by atoms with van der Waals surface area (Å²) in [7, 11) is -0.328. The van der Waals surface area contributed by atoms with E-state index in [2.05, 4.69) is 43.3 Å². The molecule has 2 aliphatic rings. The normalized spacial score (nSPS) is 23.4. The number of ether oxygens (including phenoxy) is 2. The van der Waals surface area contributed by atoms with Crippen LogP contribution < -0.4 is 10.2 Å². The molecule has 2 fully saturated rings. The summed E-state index contributed by atoms with van der Waals surface area (Å²) < 4.78 is 24.5. The molecule has 2 aromatic rings. The van der Waals surface area contributed by atoms with Crippen molar-refractivity contribution in [2.24, 2.45) is 0 Å². The van der Waals surface area contributed by atoms with Crippen LogP contribution in [0, 0.1) is 0 Å². The van der Waals surface area contributed by atoms with Crippen LogP contribution in [0.1, 0.15) is 70.0 Å². The molecule has 4 rings (SSSR count). The van der Waals surface area contributed by atoms with Gasteiger partial charge in [0.1, 0.15) is 11.9 Å². The third-order valence-electron chi connectivity index (χ3n) is 6.27. The molecule has 0 aromatic heterocycles. The fourth-order valence-corrected chi connectivity index (χ4v) is 4.43. The molecule has 2 saturated heterocycles. The van der Waals surface area contributed by atoms with Gasteiger partial charge in [-0.15, -0.1) is 0 Å². The highest BCUT2D eigenvalue weighted by atomic mass is 16.6. The molecule has 0 amide bonds. The van der Waals surface area contributed by atoms with E-state index in [1.807, 2.05) is 18.2 Å². The van der Waals surface area contributed by atoms with E-state index < -0.39 is 0 Å². The fraction of sp³-hybridized carbons (Fsp3) is 0.538. The van der Waals surface area contributed by atoms with Gasteiger partial charge in [-0.05, 0) is 42.4 Å². The molecule has 0 spiro atoms. The largest absolute Gasteiger partial charge is 0.494 e. The maximum absolute atomic E-state index is 6.30. The van der Waals surface area contributed by atoms with Crippen LogP contribution in [-0.2, 0) is 14.0 Å². The lowest BCUT2D eigenvalue weighted by molar-refractivity contribution is -0.150. The summed E-state index contributed by atoms with van der Waals surface area (Å²) in [5.41, 5.74) is 2.27. The number of unbranched alkanes of at least 4 members (excludes halogenated alkanes) is 5. The first kappa shape index (κ1) is 22.4. The van der Waals surface area contributed by atoms with Crippen molar-refractivity contribution in [3.8, 4) is 5.75 Å². The van der Waals surface area contributed by atoms with E-state index in [0.717, 1.165) is 37.1 Å². The second kappa shape index (κ2) is 11.7. The van der Waals surface area contributed by atoms with Crippen molar-refractivity contribution in [3.05, 3.63) is 60.2 Å². The van der Waals surface area contributed by atoms with E-state index in [-0.39, 0.29) is 25.4 Å². The van der Waals surface area contributed by atoms with Crippen LogP contribution in [0.3, 0.4) is 0 Å². The zero-order chi connectivity index (χ0) is 21.3. The molecule has 5 heteroatoms. The van der Waals surface area contributed by atoms with Gasteiger partial charge in [-0.1, -0.05) is 81.5 Å². The SMILES string of the molecule is CCCCCCCCOc1ccc(B2OC[C@H]3O[C@@H](c4ccccc4)CC[C@@H]3O2)cc1. The molecule has 0 aliphatic carbocycles. The summed E-state index contributed by atoms with van der Waals surface area (Å²) >= 11 is 0. The molecule has 31 heavy (non-hydrogen) atoms. The van der Waals surface area contributed by atoms with Crippen molar-refractivity contribution in [2.45, 2.75) is 76.6 Å². The van der Waals surface area contributed by atoms with Crippen LogP contribution in [0.4, 0.5) is 0 Å². The van der Waals surface area contributed by atoms with Gasteiger partial charge in [0.15, 0.2) is 0 Å². The van der Waals surface area contributed by atoms with Crippen LogP contribution in [0.2, 0.25) is 0 Å². The molecule has 0 bridgehead atoms. The molecule has 4 nitrogen and oxygen atoms in total. The molecule has 166 valence electrons. The van der Waals surface area contributed by atoms with Crippen molar-refractivity contribution in [1.82, 2.24) is 0 Å². The van der Waals surface area contributed by atoms with Gasteiger partial charge in [-0.3, -0.25) is 0 Å². The van der Waals surface area contributed by atoms with Crippen molar-refractivity contribution < 1.29 is 18.8 Å². The van der Waals surface area contributed by atoms with Crippen LogP contribution in [-0.4, -0.2) is 32.5 Å². The topological polar surface area (TPSA) is 36.9 Å². The number of fused-ring (bicyclic) bond motifs is 1. The minimum Gasteiger partial charge on any atom is -0.494 e. The highest BCUT2D eigenvalue weighted by molar-refractivity contribution is 6.61. The third kappa shape index (κ3) is 6.35. The van der Waals surface area contributed by atoms with Gasteiger partial charge >= 0.3 is 7.12 Å². The monoisotopic (exact) mass is 422 g/mol. The summed E-state index contributed by atoms with van der Waals surface area (Å²) in [6.07, 6.45) is 9.83. The third-order valence-corrected chi connectivity index (χ3v) is 6.27. The Kier molecular flexibility index (Phi) is 8.45. The van der Waals surface area contributed by atoms with Crippen LogP contribution in [0.15, 0.2) is 54.6 Å². The molecule has 2 aromatic carbocycles. The van der Waals surface area contributed by atoms with Gasteiger partial charge in [0.05, 0.1) is 25.4 Å². The predicted octanol–water partition coefficient (Wildman–Crippen LogP) is 5.46. The van der Waals surface area contributed by atoms with Crippen molar-refractivity contribution in [2.75, 3.05) is 13.2 Å². The van der Waals surface area contributed by atoms with Crippen LogP contribution in [0.25, 0.3) is 0 Å². The van der Waals surface area contributed by atoms with E-state index in [9.17, 15) is 0 Å². The Morgan fingerprint density at radius 3 is 2.45 bits per heavy atom. The zero-order valence-electron chi connectivity index (χ0n) is 18.7. The average Bonchev–Trinajstić information content (AvgIpc) is 2.84. The van der Waals surface area contributed by atoms with Gasteiger partial charge in [0.25, 0.3) is 0 Å². The summed E-state index contributed by atoms with van der Waals surface area (Å²) in [5, 5.41) is 0. The molecule has 0 N–H and O–H groups in total.